The predicted molar refractivity (Wildman–Crippen MR) is 98.3 cm³/mol. The summed E-state index contributed by atoms with van der Waals surface area (Å²) in [5.74, 6) is 0.901. The van der Waals surface area contributed by atoms with Crippen LogP contribution in [0.4, 0.5) is 0 Å². The lowest BCUT2D eigenvalue weighted by Crippen LogP contribution is -2.53. The van der Waals surface area contributed by atoms with Gasteiger partial charge in [-0.25, -0.2) is 0 Å². The second-order valence-corrected chi connectivity index (χ2v) is 7.74. The topological polar surface area (TPSA) is 83.8 Å². The molecule has 2 aliphatic rings. The molecule has 1 amide bonds. The van der Waals surface area contributed by atoms with Crippen molar-refractivity contribution in [3.63, 3.8) is 0 Å². The number of H-pyrrole nitrogens is 1. The van der Waals surface area contributed by atoms with Crippen LogP contribution in [0.25, 0.3) is 11.3 Å². The van der Waals surface area contributed by atoms with Gasteiger partial charge in [-0.2, -0.15) is 5.10 Å². The maximum atomic E-state index is 12.7. The summed E-state index contributed by atoms with van der Waals surface area (Å²) in [5, 5.41) is 11.0. The van der Waals surface area contributed by atoms with Crippen LogP contribution in [0.15, 0.2) is 30.3 Å². The van der Waals surface area contributed by atoms with E-state index in [-0.39, 0.29) is 18.0 Å². The highest BCUT2D eigenvalue weighted by molar-refractivity contribution is 6.33. The van der Waals surface area contributed by atoms with Gasteiger partial charge in [0.2, 0.25) is 0 Å². The summed E-state index contributed by atoms with van der Waals surface area (Å²) in [6, 6.07) is 9.77. The molecular weight excluding hydrogens is 336 g/mol. The van der Waals surface area contributed by atoms with E-state index >= 15 is 0 Å². The highest BCUT2D eigenvalue weighted by Crippen LogP contribution is 2.39. The minimum atomic E-state index is -0.0943. The number of nitrogens with two attached hydrogens (primary N) is 1. The van der Waals surface area contributed by atoms with Crippen molar-refractivity contribution in [3.05, 3.63) is 41.0 Å². The van der Waals surface area contributed by atoms with Crippen LogP contribution >= 0.6 is 11.6 Å². The molecule has 0 spiro atoms. The summed E-state index contributed by atoms with van der Waals surface area (Å²) in [5.41, 5.74) is 8.15. The quantitative estimate of drug-likeness (QED) is 0.786. The largest absolute Gasteiger partial charge is 0.347 e. The Bertz CT molecular complexity index is 760. The van der Waals surface area contributed by atoms with Crippen LogP contribution in [-0.2, 0) is 0 Å². The lowest BCUT2D eigenvalue weighted by molar-refractivity contribution is 0.0751. The van der Waals surface area contributed by atoms with Gasteiger partial charge in [0.05, 0.1) is 10.7 Å². The Hall–Kier alpha value is -1.85. The number of rotatable bonds is 3. The van der Waals surface area contributed by atoms with Gasteiger partial charge in [0, 0.05) is 17.6 Å². The lowest BCUT2D eigenvalue weighted by Gasteiger charge is -2.45. The molecule has 1 aromatic heterocycles. The minimum absolute atomic E-state index is 0.0943. The predicted octanol–water partition coefficient (Wildman–Crippen LogP) is 3.37. The minimum Gasteiger partial charge on any atom is -0.347 e. The normalized spacial score (nSPS) is 28.6. The maximum Gasteiger partial charge on any atom is 0.269 e. The summed E-state index contributed by atoms with van der Waals surface area (Å²) in [6.07, 6.45) is 5.58. The van der Waals surface area contributed by atoms with E-state index in [4.69, 9.17) is 17.3 Å². The number of carbonyl (C=O) groups is 1. The zero-order valence-electron chi connectivity index (χ0n) is 14.0. The number of carbonyl (C=O) groups excluding carboxylic acids is 1. The van der Waals surface area contributed by atoms with Gasteiger partial charge in [-0.05, 0) is 49.7 Å². The molecule has 0 radical (unpaired) electrons. The Morgan fingerprint density at radius 2 is 1.96 bits per heavy atom. The smallest absolute Gasteiger partial charge is 0.269 e. The number of halogens is 1. The van der Waals surface area contributed by atoms with E-state index in [9.17, 15) is 4.79 Å². The maximum absolute atomic E-state index is 12.7. The van der Waals surface area contributed by atoms with Crippen molar-refractivity contribution in [2.45, 2.75) is 44.2 Å². The van der Waals surface area contributed by atoms with Crippen molar-refractivity contribution in [3.8, 4) is 11.3 Å². The molecule has 2 aliphatic carbocycles. The van der Waals surface area contributed by atoms with Gasteiger partial charge in [-0.15, -0.1) is 0 Å². The molecule has 5 nitrogen and oxygen atoms in total. The molecule has 2 saturated carbocycles. The highest BCUT2D eigenvalue weighted by atomic mass is 35.5. The third-order valence-electron chi connectivity index (χ3n) is 5.65. The standard InChI is InChI=1S/C19H23ClN4O/c20-15-7-2-1-6-14(15)16-10-17(24-23-16)19(25)22-18-11-4-3-5-12(18)9-13(21)8-11/h1-2,6-7,10-13,18H,3-5,8-9,21H2,(H,22,25)(H,23,24). The number of benzene rings is 1. The molecule has 2 aromatic rings. The molecule has 2 fully saturated rings. The van der Waals surface area contributed by atoms with Crippen molar-refractivity contribution in [2.75, 3.05) is 0 Å². The van der Waals surface area contributed by atoms with Crippen LogP contribution in [-0.4, -0.2) is 28.2 Å². The average molecular weight is 359 g/mol. The molecular formula is C19H23ClN4O. The number of hydrogen-bond donors (Lipinski definition) is 3. The van der Waals surface area contributed by atoms with Gasteiger partial charge in [0.1, 0.15) is 5.69 Å². The van der Waals surface area contributed by atoms with E-state index in [0.717, 1.165) is 31.2 Å². The van der Waals surface area contributed by atoms with Crippen LogP contribution in [0.5, 0.6) is 0 Å². The van der Waals surface area contributed by atoms with Crippen molar-refractivity contribution in [2.24, 2.45) is 17.6 Å². The Morgan fingerprint density at radius 1 is 1.24 bits per heavy atom. The van der Waals surface area contributed by atoms with Crippen molar-refractivity contribution < 1.29 is 4.79 Å². The summed E-state index contributed by atoms with van der Waals surface area (Å²) < 4.78 is 0. The van der Waals surface area contributed by atoms with Crippen LogP contribution in [0.2, 0.25) is 5.02 Å². The zero-order valence-corrected chi connectivity index (χ0v) is 14.8. The van der Waals surface area contributed by atoms with Gasteiger partial charge in [0.25, 0.3) is 5.91 Å². The van der Waals surface area contributed by atoms with Crippen molar-refractivity contribution in [1.82, 2.24) is 15.5 Å². The van der Waals surface area contributed by atoms with E-state index in [0.29, 0.717) is 28.2 Å². The van der Waals surface area contributed by atoms with E-state index in [2.05, 4.69) is 15.5 Å². The van der Waals surface area contributed by atoms with E-state index < -0.39 is 0 Å². The monoisotopic (exact) mass is 358 g/mol. The molecule has 1 aromatic carbocycles. The Balaban J connectivity index is 1.50. The van der Waals surface area contributed by atoms with E-state index in [1.807, 2.05) is 24.3 Å². The second kappa shape index (κ2) is 6.81. The van der Waals surface area contributed by atoms with E-state index in [1.54, 1.807) is 6.07 Å². The molecule has 2 atom stereocenters. The molecule has 4 N–H and O–H groups in total. The Labute approximate surface area is 152 Å². The zero-order chi connectivity index (χ0) is 17.4. The van der Waals surface area contributed by atoms with Crippen molar-refractivity contribution >= 4 is 17.5 Å². The van der Waals surface area contributed by atoms with Gasteiger partial charge < -0.3 is 11.1 Å². The molecule has 4 rings (SSSR count). The first-order valence-electron chi connectivity index (χ1n) is 8.98. The first-order valence-corrected chi connectivity index (χ1v) is 9.36. The average Bonchev–Trinajstić information content (AvgIpc) is 3.06. The Kier molecular flexibility index (Phi) is 4.52. The number of nitrogens with zero attached hydrogens (tertiary/aromatic N) is 1. The van der Waals surface area contributed by atoms with Crippen LogP contribution in [0, 0.1) is 11.8 Å². The number of amides is 1. The Morgan fingerprint density at radius 3 is 2.68 bits per heavy atom. The number of nitrogens with one attached hydrogen (secondary N) is 2. The van der Waals surface area contributed by atoms with Gasteiger partial charge >= 0.3 is 0 Å². The van der Waals surface area contributed by atoms with Gasteiger partial charge in [-0.1, -0.05) is 36.2 Å². The molecule has 25 heavy (non-hydrogen) atoms. The first-order chi connectivity index (χ1) is 12.1. The summed E-state index contributed by atoms with van der Waals surface area (Å²) in [6.45, 7) is 0. The number of aromatic nitrogens is 2. The van der Waals surface area contributed by atoms with E-state index in [1.165, 1.54) is 6.42 Å². The fourth-order valence-electron chi connectivity index (χ4n) is 4.50. The molecule has 1 heterocycles. The third-order valence-corrected chi connectivity index (χ3v) is 5.98. The number of aromatic amines is 1. The van der Waals surface area contributed by atoms with Crippen molar-refractivity contribution in [1.29, 1.82) is 0 Å². The molecule has 0 saturated heterocycles. The van der Waals surface area contributed by atoms with Crippen LogP contribution in [0.1, 0.15) is 42.6 Å². The molecule has 0 aliphatic heterocycles. The van der Waals surface area contributed by atoms with Crippen LogP contribution < -0.4 is 11.1 Å². The number of fused-ring (bicyclic) bond motifs is 2. The molecule has 6 heteroatoms. The fraction of sp³-hybridized carbons (Fsp3) is 0.474. The molecule has 132 valence electrons. The SMILES string of the molecule is NC1CC2CCCC(C1)C2NC(=O)c1cc(-c2ccccc2Cl)n[nH]1. The van der Waals surface area contributed by atoms with Crippen LogP contribution in [0.3, 0.4) is 0 Å². The molecule has 2 unspecified atom stereocenters. The second-order valence-electron chi connectivity index (χ2n) is 7.33. The number of hydrogen-bond acceptors (Lipinski definition) is 3. The third kappa shape index (κ3) is 3.31. The fourth-order valence-corrected chi connectivity index (χ4v) is 4.73. The highest BCUT2D eigenvalue weighted by Gasteiger charge is 2.40. The summed E-state index contributed by atoms with van der Waals surface area (Å²) in [4.78, 5) is 12.7. The summed E-state index contributed by atoms with van der Waals surface area (Å²) >= 11 is 6.22. The molecule has 2 bridgehead atoms. The lowest BCUT2D eigenvalue weighted by atomic mass is 9.67. The van der Waals surface area contributed by atoms with Gasteiger partial charge in [-0.3, -0.25) is 9.89 Å². The van der Waals surface area contributed by atoms with Gasteiger partial charge in [0.15, 0.2) is 0 Å². The summed E-state index contributed by atoms with van der Waals surface area (Å²) in [7, 11) is 0. The first kappa shape index (κ1) is 16.6.